The van der Waals surface area contributed by atoms with E-state index in [2.05, 4.69) is 10.6 Å². The molecule has 1 aliphatic carbocycles. The number of hydrogen-bond acceptors (Lipinski definition) is 3. The number of carbonyl (C=O) groups excluding carboxylic acids is 2. The molecule has 1 saturated carbocycles. The summed E-state index contributed by atoms with van der Waals surface area (Å²) in [4.78, 5) is 26.9. The summed E-state index contributed by atoms with van der Waals surface area (Å²) in [5.41, 5.74) is 2.04. The summed E-state index contributed by atoms with van der Waals surface area (Å²) in [5, 5.41) is 5.53. The maximum Gasteiger partial charge on any atom is 0.322 e. The Labute approximate surface area is 165 Å². The number of nitrogens with one attached hydrogen (secondary N) is 2. The fourth-order valence-corrected chi connectivity index (χ4v) is 3.30. The summed E-state index contributed by atoms with van der Waals surface area (Å²) in [7, 11) is 3.12. The average Bonchev–Trinajstić information content (AvgIpc) is 2.69. The Morgan fingerprint density at radius 1 is 1.14 bits per heavy atom. The van der Waals surface area contributed by atoms with Crippen molar-refractivity contribution in [2.24, 2.45) is 5.92 Å². The van der Waals surface area contributed by atoms with E-state index in [1.54, 1.807) is 32.4 Å². The van der Waals surface area contributed by atoms with Crippen LogP contribution < -0.4 is 15.4 Å². The van der Waals surface area contributed by atoms with Gasteiger partial charge in [0.15, 0.2) is 0 Å². The summed E-state index contributed by atoms with van der Waals surface area (Å²) >= 11 is 0. The molecule has 2 N–H and O–H groups in total. The van der Waals surface area contributed by atoms with Crippen LogP contribution in [0.1, 0.15) is 35.2 Å². The molecule has 28 heavy (non-hydrogen) atoms. The number of amides is 3. The van der Waals surface area contributed by atoms with Crippen LogP contribution in [0, 0.1) is 5.92 Å². The number of methoxy groups -OCH3 is 1. The van der Waals surface area contributed by atoms with Crippen molar-refractivity contribution in [2.75, 3.05) is 26.0 Å². The van der Waals surface area contributed by atoms with Gasteiger partial charge in [0.05, 0.1) is 12.8 Å². The SMILES string of the molecule is CNC(=O)c1ccc(OC)c(NC(=O)N(Cc2ccccc2)CC2CCC2)c1. The maximum absolute atomic E-state index is 13.1. The second-order valence-electron chi connectivity index (χ2n) is 7.09. The summed E-state index contributed by atoms with van der Waals surface area (Å²) in [6, 6.07) is 14.8. The zero-order chi connectivity index (χ0) is 19.9. The molecule has 1 fully saturated rings. The fraction of sp³-hybridized carbons (Fsp3) is 0.364. The third kappa shape index (κ3) is 4.82. The van der Waals surface area contributed by atoms with Crippen molar-refractivity contribution in [2.45, 2.75) is 25.8 Å². The number of ether oxygens (including phenoxy) is 1. The molecule has 6 nitrogen and oxygen atoms in total. The van der Waals surface area contributed by atoms with Gasteiger partial charge in [0.1, 0.15) is 5.75 Å². The lowest BCUT2D eigenvalue weighted by Crippen LogP contribution is -2.39. The van der Waals surface area contributed by atoms with E-state index in [1.165, 1.54) is 6.42 Å². The van der Waals surface area contributed by atoms with Gasteiger partial charge in [0.25, 0.3) is 5.91 Å². The largest absolute Gasteiger partial charge is 0.495 e. The molecule has 0 bridgehead atoms. The van der Waals surface area contributed by atoms with E-state index in [0.717, 1.165) is 24.9 Å². The number of rotatable bonds is 7. The molecule has 0 radical (unpaired) electrons. The highest BCUT2D eigenvalue weighted by Crippen LogP contribution is 2.29. The summed E-state index contributed by atoms with van der Waals surface area (Å²) in [6.07, 6.45) is 3.55. The van der Waals surface area contributed by atoms with Gasteiger partial charge in [-0.25, -0.2) is 4.79 Å². The number of hydrogen-bond donors (Lipinski definition) is 2. The fourth-order valence-electron chi connectivity index (χ4n) is 3.30. The van der Waals surface area contributed by atoms with E-state index in [9.17, 15) is 9.59 Å². The first-order valence-electron chi connectivity index (χ1n) is 9.60. The van der Waals surface area contributed by atoms with Gasteiger partial charge in [0, 0.05) is 25.7 Å². The Kier molecular flexibility index (Phi) is 6.53. The van der Waals surface area contributed by atoms with Gasteiger partial charge in [-0.1, -0.05) is 36.8 Å². The smallest absolute Gasteiger partial charge is 0.322 e. The molecular weight excluding hydrogens is 354 g/mol. The lowest BCUT2D eigenvalue weighted by molar-refractivity contribution is 0.0963. The minimum absolute atomic E-state index is 0.192. The third-order valence-corrected chi connectivity index (χ3v) is 5.14. The van der Waals surface area contributed by atoms with Gasteiger partial charge in [-0.2, -0.15) is 0 Å². The van der Waals surface area contributed by atoms with Crippen LogP contribution in [0.15, 0.2) is 48.5 Å². The third-order valence-electron chi connectivity index (χ3n) is 5.14. The highest BCUT2D eigenvalue weighted by Gasteiger charge is 2.24. The minimum atomic E-state index is -0.214. The first-order chi connectivity index (χ1) is 13.6. The van der Waals surface area contributed by atoms with Crippen LogP contribution in [0.3, 0.4) is 0 Å². The molecular formula is C22H27N3O3. The number of benzene rings is 2. The zero-order valence-corrected chi connectivity index (χ0v) is 16.4. The number of carbonyl (C=O) groups is 2. The topological polar surface area (TPSA) is 70.7 Å². The molecule has 0 aliphatic heterocycles. The Hall–Kier alpha value is -3.02. The van der Waals surface area contributed by atoms with Crippen LogP contribution in [0.25, 0.3) is 0 Å². The highest BCUT2D eigenvalue weighted by atomic mass is 16.5. The Morgan fingerprint density at radius 3 is 2.50 bits per heavy atom. The molecule has 0 heterocycles. The van der Waals surface area contributed by atoms with E-state index in [4.69, 9.17) is 4.74 Å². The van der Waals surface area contributed by atoms with Crippen LogP contribution in [0.2, 0.25) is 0 Å². The number of nitrogens with zero attached hydrogens (tertiary/aromatic N) is 1. The Balaban J connectivity index is 1.79. The van der Waals surface area contributed by atoms with Crippen molar-refractivity contribution in [3.8, 4) is 5.75 Å². The number of anilines is 1. The maximum atomic E-state index is 13.1. The second-order valence-corrected chi connectivity index (χ2v) is 7.09. The van der Waals surface area contributed by atoms with E-state index >= 15 is 0 Å². The minimum Gasteiger partial charge on any atom is -0.495 e. The van der Waals surface area contributed by atoms with Gasteiger partial charge >= 0.3 is 6.03 Å². The zero-order valence-electron chi connectivity index (χ0n) is 16.4. The molecule has 3 rings (SSSR count). The van der Waals surface area contributed by atoms with Crippen molar-refractivity contribution in [3.63, 3.8) is 0 Å². The standard InChI is InChI=1S/C22H27N3O3/c1-23-21(26)18-11-12-20(28-2)19(13-18)24-22(27)25(15-17-9-6-10-17)14-16-7-4-3-5-8-16/h3-5,7-8,11-13,17H,6,9-10,14-15H2,1-2H3,(H,23,26)(H,24,27). The van der Waals surface area contributed by atoms with Gasteiger partial charge in [-0.3, -0.25) is 4.79 Å². The summed E-state index contributed by atoms with van der Waals surface area (Å²) in [6.45, 7) is 1.26. The van der Waals surface area contributed by atoms with Crippen molar-refractivity contribution < 1.29 is 14.3 Å². The monoisotopic (exact) mass is 381 g/mol. The van der Waals surface area contributed by atoms with Gasteiger partial charge < -0.3 is 20.3 Å². The molecule has 0 saturated heterocycles. The van der Waals surface area contributed by atoms with Crippen LogP contribution >= 0.6 is 0 Å². The first kappa shape index (κ1) is 19.7. The normalized spacial score (nSPS) is 13.4. The molecule has 2 aromatic rings. The average molecular weight is 381 g/mol. The predicted molar refractivity (Wildman–Crippen MR) is 110 cm³/mol. The van der Waals surface area contributed by atoms with E-state index < -0.39 is 0 Å². The van der Waals surface area contributed by atoms with E-state index in [-0.39, 0.29) is 11.9 Å². The lowest BCUT2D eigenvalue weighted by atomic mass is 9.85. The van der Waals surface area contributed by atoms with Crippen LogP contribution in [0.4, 0.5) is 10.5 Å². The molecule has 0 aromatic heterocycles. The highest BCUT2D eigenvalue weighted by molar-refractivity contribution is 5.97. The Bertz CT molecular complexity index is 819. The van der Waals surface area contributed by atoms with Crippen molar-refractivity contribution >= 4 is 17.6 Å². The molecule has 1 aliphatic rings. The van der Waals surface area contributed by atoms with Gasteiger partial charge in [0.2, 0.25) is 0 Å². The van der Waals surface area contributed by atoms with Crippen LogP contribution in [0.5, 0.6) is 5.75 Å². The summed E-state index contributed by atoms with van der Waals surface area (Å²) in [5.74, 6) is 0.853. The van der Waals surface area contributed by atoms with Crippen molar-refractivity contribution in [3.05, 3.63) is 59.7 Å². The molecule has 6 heteroatoms. The van der Waals surface area contributed by atoms with Crippen molar-refractivity contribution in [1.82, 2.24) is 10.2 Å². The molecule has 0 atom stereocenters. The molecule has 2 aromatic carbocycles. The quantitative estimate of drug-likeness (QED) is 0.764. The van der Waals surface area contributed by atoms with Crippen molar-refractivity contribution in [1.29, 1.82) is 0 Å². The molecule has 0 unspecified atom stereocenters. The summed E-state index contributed by atoms with van der Waals surface area (Å²) < 4.78 is 5.36. The lowest BCUT2D eigenvalue weighted by Gasteiger charge is -2.32. The van der Waals surface area contributed by atoms with Gasteiger partial charge in [-0.05, 0) is 42.5 Å². The first-order valence-corrected chi connectivity index (χ1v) is 9.60. The van der Waals surface area contributed by atoms with Gasteiger partial charge in [-0.15, -0.1) is 0 Å². The van der Waals surface area contributed by atoms with Crippen LogP contribution in [-0.2, 0) is 6.54 Å². The van der Waals surface area contributed by atoms with E-state index in [0.29, 0.717) is 29.5 Å². The Morgan fingerprint density at radius 2 is 1.89 bits per heavy atom. The molecule has 0 spiro atoms. The molecule has 148 valence electrons. The molecule has 3 amide bonds. The number of urea groups is 1. The van der Waals surface area contributed by atoms with Crippen LogP contribution in [-0.4, -0.2) is 37.5 Å². The van der Waals surface area contributed by atoms with E-state index in [1.807, 2.05) is 35.2 Å². The predicted octanol–water partition coefficient (Wildman–Crippen LogP) is 3.89. The second kappa shape index (κ2) is 9.26.